The van der Waals surface area contributed by atoms with Crippen molar-refractivity contribution in [2.24, 2.45) is 0 Å². The van der Waals surface area contributed by atoms with Crippen LogP contribution in [-0.4, -0.2) is 18.5 Å². The standard InChI is InChI=1S/C19H22N2O2/c22-19(12-13-20-16-6-7-16)21-17-8-10-18(11-9-17)23-14-15-4-2-1-3-5-15/h1-5,8-11,16,20H,6-7,12-14H2,(H,21,22). The Labute approximate surface area is 136 Å². The van der Waals surface area contributed by atoms with E-state index in [0.717, 1.165) is 23.5 Å². The molecule has 0 heterocycles. The summed E-state index contributed by atoms with van der Waals surface area (Å²) < 4.78 is 5.73. The quantitative estimate of drug-likeness (QED) is 0.786. The summed E-state index contributed by atoms with van der Waals surface area (Å²) in [6, 6.07) is 18.2. The van der Waals surface area contributed by atoms with Crippen LogP contribution >= 0.6 is 0 Å². The van der Waals surface area contributed by atoms with E-state index in [1.54, 1.807) is 0 Å². The third-order valence-corrected chi connectivity index (χ3v) is 3.75. The Hall–Kier alpha value is -2.33. The van der Waals surface area contributed by atoms with E-state index < -0.39 is 0 Å². The Morgan fingerprint density at radius 2 is 1.78 bits per heavy atom. The first-order valence-corrected chi connectivity index (χ1v) is 8.09. The molecule has 1 aliphatic rings. The van der Waals surface area contributed by atoms with Gasteiger partial charge in [-0.2, -0.15) is 0 Å². The van der Waals surface area contributed by atoms with Crippen molar-refractivity contribution >= 4 is 11.6 Å². The van der Waals surface area contributed by atoms with Crippen molar-refractivity contribution in [3.8, 4) is 5.75 Å². The minimum absolute atomic E-state index is 0.0381. The highest BCUT2D eigenvalue weighted by atomic mass is 16.5. The minimum atomic E-state index is 0.0381. The van der Waals surface area contributed by atoms with Crippen molar-refractivity contribution in [2.45, 2.75) is 31.9 Å². The van der Waals surface area contributed by atoms with Crippen LogP contribution in [0.25, 0.3) is 0 Å². The number of rotatable bonds is 8. The molecule has 2 aromatic carbocycles. The van der Waals surface area contributed by atoms with E-state index >= 15 is 0 Å². The zero-order valence-corrected chi connectivity index (χ0v) is 13.1. The summed E-state index contributed by atoms with van der Waals surface area (Å²) in [7, 11) is 0. The maximum atomic E-state index is 11.8. The summed E-state index contributed by atoms with van der Waals surface area (Å²) >= 11 is 0. The zero-order chi connectivity index (χ0) is 15.9. The van der Waals surface area contributed by atoms with Gasteiger partial charge in [-0.3, -0.25) is 4.79 Å². The van der Waals surface area contributed by atoms with E-state index in [9.17, 15) is 4.79 Å². The highest BCUT2D eigenvalue weighted by molar-refractivity contribution is 5.90. The third-order valence-electron chi connectivity index (χ3n) is 3.75. The molecule has 0 saturated heterocycles. The van der Waals surface area contributed by atoms with Crippen molar-refractivity contribution in [3.05, 3.63) is 60.2 Å². The first kappa shape index (κ1) is 15.6. The van der Waals surface area contributed by atoms with Gasteiger partial charge in [0.05, 0.1) is 0 Å². The van der Waals surface area contributed by atoms with Crippen LogP contribution in [0.4, 0.5) is 5.69 Å². The Morgan fingerprint density at radius 1 is 1.04 bits per heavy atom. The fourth-order valence-electron chi connectivity index (χ4n) is 2.28. The van der Waals surface area contributed by atoms with Crippen molar-refractivity contribution in [2.75, 3.05) is 11.9 Å². The molecule has 4 nitrogen and oxygen atoms in total. The van der Waals surface area contributed by atoms with Crippen LogP contribution in [0.15, 0.2) is 54.6 Å². The van der Waals surface area contributed by atoms with Crippen LogP contribution in [0, 0.1) is 0 Å². The molecule has 0 aromatic heterocycles. The normalized spacial score (nSPS) is 13.6. The maximum absolute atomic E-state index is 11.8. The Morgan fingerprint density at radius 3 is 2.48 bits per heavy atom. The molecule has 0 aliphatic heterocycles. The first-order valence-electron chi connectivity index (χ1n) is 8.09. The van der Waals surface area contributed by atoms with Crippen molar-refractivity contribution in [3.63, 3.8) is 0 Å². The average molecular weight is 310 g/mol. The molecule has 1 amide bonds. The third kappa shape index (κ3) is 5.42. The maximum Gasteiger partial charge on any atom is 0.225 e. The van der Waals surface area contributed by atoms with E-state index in [4.69, 9.17) is 4.74 Å². The molecular formula is C19H22N2O2. The monoisotopic (exact) mass is 310 g/mol. The van der Waals surface area contributed by atoms with Gasteiger partial charge >= 0.3 is 0 Å². The van der Waals surface area contributed by atoms with Crippen molar-refractivity contribution < 1.29 is 9.53 Å². The number of anilines is 1. The number of carbonyl (C=O) groups is 1. The van der Waals surface area contributed by atoms with E-state index in [1.807, 2.05) is 54.6 Å². The summed E-state index contributed by atoms with van der Waals surface area (Å²) in [5.74, 6) is 0.832. The summed E-state index contributed by atoms with van der Waals surface area (Å²) in [4.78, 5) is 11.8. The molecule has 3 rings (SSSR count). The first-order chi connectivity index (χ1) is 11.3. The van der Waals surface area contributed by atoms with Crippen LogP contribution in [0.5, 0.6) is 5.75 Å². The van der Waals surface area contributed by atoms with Crippen LogP contribution < -0.4 is 15.4 Å². The number of nitrogens with one attached hydrogen (secondary N) is 2. The van der Waals surface area contributed by atoms with Gasteiger partial charge in [-0.05, 0) is 42.7 Å². The second-order valence-electron chi connectivity index (χ2n) is 5.83. The van der Waals surface area contributed by atoms with E-state index in [-0.39, 0.29) is 5.91 Å². The molecule has 2 aromatic rings. The van der Waals surface area contributed by atoms with E-state index in [0.29, 0.717) is 19.1 Å². The lowest BCUT2D eigenvalue weighted by molar-refractivity contribution is -0.116. The van der Waals surface area contributed by atoms with Crippen LogP contribution in [0.3, 0.4) is 0 Å². The molecule has 23 heavy (non-hydrogen) atoms. The molecule has 1 saturated carbocycles. The largest absolute Gasteiger partial charge is 0.489 e. The Bertz CT molecular complexity index is 622. The number of amides is 1. The van der Waals surface area contributed by atoms with Gasteiger partial charge in [0.25, 0.3) is 0 Å². The summed E-state index contributed by atoms with van der Waals surface area (Å²) in [5.41, 5.74) is 1.93. The molecule has 2 N–H and O–H groups in total. The summed E-state index contributed by atoms with van der Waals surface area (Å²) in [5, 5.41) is 6.24. The molecule has 0 radical (unpaired) electrons. The van der Waals surface area contributed by atoms with Crippen LogP contribution in [0.1, 0.15) is 24.8 Å². The number of benzene rings is 2. The Kier molecular flexibility index (Phi) is 5.27. The van der Waals surface area contributed by atoms with Crippen molar-refractivity contribution in [1.29, 1.82) is 0 Å². The predicted molar refractivity (Wildman–Crippen MR) is 91.5 cm³/mol. The summed E-state index contributed by atoms with van der Waals surface area (Å²) in [6.07, 6.45) is 2.99. The lowest BCUT2D eigenvalue weighted by Crippen LogP contribution is -2.23. The van der Waals surface area contributed by atoms with Gasteiger partial charge in [0.15, 0.2) is 0 Å². The van der Waals surface area contributed by atoms with Crippen LogP contribution in [-0.2, 0) is 11.4 Å². The van der Waals surface area contributed by atoms with E-state index in [1.165, 1.54) is 12.8 Å². The highest BCUT2D eigenvalue weighted by Crippen LogP contribution is 2.19. The van der Waals surface area contributed by atoms with Gasteiger partial charge in [-0.15, -0.1) is 0 Å². The highest BCUT2D eigenvalue weighted by Gasteiger charge is 2.20. The van der Waals surface area contributed by atoms with Gasteiger partial charge in [0.1, 0.15) is 12.4 Å². The predicted octanol–water partition coefficient (Wildman–Crippen LogP) is 3.35. The van der Waals surface area contributed by atoms with Gasteiger partial charge in [-0.25, -0.2) is 0 Å². The fourth-order valence-corrected chi connectivity index (χ4v) is 2.28. The molecule has 0 bridgehead atoms. The molecule has 1 fully saturated rings. The van der Waals surface area contributed by atoms with Gasteiger partial charge in [0.2, 0.25) is 5.91 Å². The SMILES string of the molecule is O=C(CCNC1CC1)Nc1ccc(OCc2ccccc2)cc1. The molecule has 0 unspecified atom stereocenters. The lowest BCUT2D eigenvalue weighted by atomic mass is 10.2. The second-order valence-corrected chi connectivity index (χ2v) is 5.83. The van der Waals surface area contributed by atoms with Gasteiger partial charge in [0, 0.05) is 24.7 Å². The molecule has 0 atom stereocenters. The fraction of sp³-hybridized carbons (Fsp3) is 0.316. The Balaban J connectivity index is 1.41. The van der Waals surface area contributed by atoms with Crippen LogP contribution in [0.2, 0.25) is 0 Å². The summed E-state index contributed by atoms with van der Waals surface area (Å²) in [6.45, 7) is 1.29. The van der Waals surface area contributed by atoms with Gasteiger partial charge < -0.3 is 15.4 Å². The number of hydrogen-bond donors (Lipinski definition) is 2. The second kappa shape index (κ2) is 7.79. The minimum Gasteiger partial charge on any atom is -0.489 e. The molecule has 120 valence electrons. The van der Waals surface area contributed by atoms with Gasteiger partial charge in [-0.1, -0.05) is 30.3 Å². The topological polar surface area (TPSA) is 50.4 Å². The number of carbonyl (C=O) groups excluding carboxylic acids is 1. The lowest BCUT2D eigenvalue weighted by Gasteiger charge is -2.09. The number of ether oxygens (including phenoxy) is 1. The van der Waals surface area contributed by atoms with E-state index in [2.05, 4.69) is 10.6 Å². The molecule has 4 heteroatoms. The molecular weight excluding hydrogens is 288 g/mol. The number of hydrogen-bond acceptors (Lipinski definition) is 3. The molecule has 0 spiro atoms. The zero-order valence-electron chi connectivity index (χ0n) is 13.1. The average Bonchev–Trinajstić information content (AvgIpc) is 3.39. The smallest absolute Gasteiger partial charge is 0.225 e. The molecule has 1 aliphatic carbocycles. The van der Waals surface area contributed by atoms with Crippen molar-refractivity contribution in [1.82, 2.24) is 5.32 Å².